The molecule has 0 aliphatic rings. The van der Waals surface area contributed by atoms with Crippen LogP contribution in [0.3, 0.4) is 0 Å². The van der Waals surface area contributed by atoms with E-state index in [1.165, 1.54) is 0 Å². The Bertz CT molecular complexity index is 926. The predicted molar refractivity (Wildman–Crippen MR) is 103 cm³/mol. The van der Waals surface area contributed by atoms with Gasteiger partial charge < -0.3 is 0 Å². The summed E-state index contributed by atoms with van der Waals surface area (Å²) in [6, 6.07) is 11.4. The first-order valence-corrected chi connectivity index (χ1v) is 10.6. The van der Waals surface area contributed by atoms with Gasteiger partial charge in [0.05, 0.1) is 5.02 Å². The zero-order valence-electron chi connectivity index (χ0n) is 13.1. The van der Waals surface area contributed by atoms with E-state index in [2.05, 4.69) is 29.9 Å². The first-order chi connectivity index (χ1) is 10.8. The Balaban J connectivity index is 2.27. The smallest absolute Gasteiger partial charge is 0.138 e. The largest absolute Gasteiger partial charge is 0.291 e. The monoisotopic (exact) mass is 362 g/mol. The van der Waals surface area contributed by atoms with E-state index in [4.69, 9.17) is 28.2 Å². The molecule has 0 saturated carbocycles. The molecule has 2 aromatic heterocycles. The van der Waals surface area contributed by atoms with Gasteiger partial charge in [0.15, 0.2) is 0 Å². The molecule has 0 fully saturated rings. The highest BCUT2D eigenvalue weighted by Gasteiger charge is 2.13. The van der Waals surface area contributed by atoms with Crippen LogP contribution in [-0.2, 0) is 0 Å². The molecule has 118 valence electrons. The average molecular weight is 363 g/mol. The summed E-state index contributed by atoms with van der Waals surface area (Å²) in [5.41, 5.74) is 3.52. The van der Waals surface area contributed by atoms with Gasteiger partial charge in [0, 0.05) is 16.8 Å². The quantitative estimate of drug-likeness (QED) is 0.536. The second kappa shape index (κ2) is 6.13. The number of halogens is 2. The molecule has 3 aromatic rings. The molecule has 0 unspecified atom stereocenters. The van der Waals surface area contributed by atoms with Crippen molar-refractivity contribution in [3.63, 3.8) is 0 Å². The number of rotatable bonds is 1. The fraction of sp³-hybridized carbons (Fsp3) is 0.167. The highest BCUT2D eigenvalue weighted by atomic mass is 35.5. The summed E-state index contributed by atoms with van der Waals surface area (Å²) in [6.45, 7) is 0. The van der Waals surface area contributed by atoms with Crippen molar-refractivity contribution in [2.24, 2.45) is 0 Å². The fourth-order valence-corrected chi connectivity index (χ4v) is 2.84. The Hall–Kier alpha value is -1.60. The minimum absolute atomic E-state index is 0.656. The highest BCUT2D eigenvalue weighted by Crippen LogP contribution is 2.33. The molecule has 0 bridgehead atoms. The van der Waals surface area contributed by atoms with Crippen LogP contribution in [0.2, 0.25) is 10.0 Å². The Kier molecular flexibility index (Phi) is 4.33. The van der Waals surface area contributed by atoms with E-state index in [-0.39, 0.29) is 0 Å². The van der Waals surface area contributed by atoms with Crippen LogP contribution in [0.25, 0.3) is 16.9 Å². The molecule has 0 amide bonds. The van der Waals surface area contributed by atoms with Crippen LogP contribution in [0.1, 0.15) is 5.69 Å². The number of hydrogen-bond donors (Lipinski definition) is 0. The molecule has 1 aromatic carbocycles. The van der Waals surface area contributed by atoms with E-state index < -0.39 is 10.0 Å². The minimum atomic E-state index is -0.941. The summed E-state index contributed by atoms with van der Waals surface area (Å²) in [5.74, 6) is 3.31. The number of benzene rings is 1. The molecule has 0 radical (unpaired) electrons. The van der Waals surface area contributed by atoms with Crippen LogP contribution in [0, 0.1) is 11.2 Å². The summed E-state index contributed by atoms with van der Waals surface area (Å²) >= 11 is 12.1. The minimum Gasteiger partial charge on any atom is -0.291 e. The average Bonchev–Trinajstić information content (AvgIpc) is 2.83. The van der Waals surface area contributed by atoms with Crippen LogP contribution < -0.4 is 0 Å². The summed E-state index contributed by atoms with van der Waals surface area (Å²) in [4.78, 5) is 4.72. The second-order valence-corrected chi connectivity index (χ2v) is 10.7. The van der Waals surface area contributed by atoms with Crippen molar-refractivity contribution in [3.8, 4) is 22.4 Å². The normalized spacial score (nSPS) is 12.0. The third kappa shape index (κ3) is 3.67. The lowest BCUT2D eigenvalue weighted by molar-refractivity contribution is 1.16. The number of hydrogen-bond acceptors (Lipinski definition) is 1. The van der Waals surface area contributed by atoms with E-state index in [1.54, 1.807) is 0 Å². The molecule has 0 N–H and O–H groups in total. The van der Waals surface area contributed by atoms with Crippen molar-refractivity contribution in [2.75, 3.05) is 18.8 Å². The second-order valence-electron chi connectivity index (χ2n) is 5.96. The maximum atomic E-state index is 6.15. The fourth-order valence-electron chi connectivity index (χ4n) is 2.15. The SMILES string of the molecule is CS(C)(C)C#Cc1c(-c2ccc(Cl)cc2)nc2ccc(Cl)cn12. The van der Waals surface area contributed by atoms with Gasteiger partial charge in [-0.3, -0.25) is 4.40 Å². The molecular formula is C18H16Cl2N2S. The Morgan fingerprint density at radius 2 is 1.61 bits per heavy atom. The van der Waals surface area contributed by atoms with Gasteiger partial charge in [0.25, 0.3) is 0 Å². The summed E-state index contributed by atoms with van der Waals surface area (Å²) in [5, 5.41) is 4.72. The molecular weight excluding hydrogens is 347 g/mol. The third-order valence-corrected chi connectivity index (χ3v) is 4.37. The van der Waals surface area contributed by atoms with Crippen molar-refractivity contribution in [3.05, 3.63) is 58.3 Å². The highest BCUT2D eigenvalue weighted by molar-refractivity contribution is 8.35. The Labute approximate surface area is 147 Å². The zero-order valence-corrected chi connectivity index (χ0v) is 15.4. The van der Waals surface area contributed by atoms with Crippen molar-refractivity contribution >= 4 is 38.9 Å². The van der Waals surface area contributed by atoms with Gasteiger partial charge in [0.2, 0.25) is 0 Å². The van der Waals surface area contributed by atoms with Gasteiger partial charge in [0.1, 0.15) is 17.0 Å². The number of fused-ring (bicyclic) bond motifs is 1. The molecule has 0 saturated heterocycles. The molecule has 0 aliphatic carbocycles. The maximum Gasteiger partial charge on any atom is 0.138 e. The number of imidazole rings is 1. The van der Waals surface area contributed by atoms with Crippen LogP contribution in [-0.4, -0.2) is 28.2 Å². The first-order valence-electron chi connectivity index (χ1n) is 6.98. The molecule has 2 heterocycles. The summed E-state index contributed by atoms with van der Waals surface area (Å²) in [7, 11) is -0.941. The van der Waals surface area contributed by atoms with Crippen molar-refractivity contribution in [1.82, 2.24) is 9.38 Å². The van der Waals surface area contributed by atoms with Gasteiger partial charge >= 0.3 is 0 Å². The lowest BCUT2D eigenvalue weighted by atomic mass is 10.1. The van der Waals surface area contributed by atoms with Crippen molar-refractivity contribution < 1.29 is 0 Å². The van der Waals surface area contributed by atoms with Crippen LogP contribution >= 0.6 is 33.2 Å². The van der Waals surface area contributed by atoms with Gasteiger partial charge in [-0.2, -0.15) is 10.0 Å². The standard InChI is InChI=1S/C18H16Cl2N2S/c1-23(2,3)11-10-16-18(13-4-6-14(19)7-5-13)21-17-9-8-15(20)12-22(16)17/h4-9,12H,1-3H3. The molecule has 0 spiro atoms. The summed E-state index contributed by atoms with van der Waals surface area (Å²) < 4.78 is 1.95. The molecule has 0 aliphatic heterocycles. The van der Waals surface area contributed by atoms with Gasteiger partial charge in [-0.05, 0) is 54.2 Å². The van der Waals surface area contributed by atoms with E-state index in [9.17, 15) is 0 Å². The summed E-state index contributed by atoms with van der Waals surface area (Å²) in [6.07, 6.45) is 8.35. The third-order valence-electron chi connectivity index (χ3n) is 3.18. The van der Waals surface area contributed by atoms with Crippen LogP contribution in [0.15, 0.2) is 42.6 Å². The predicted octanol–water partition coefficient (Wildman–Crippen LogP) is 5.31. The molecule has 0 atom stereocenters. The lowest BCUT2D eigenvalue weighted by Crippen LogP contribution is -1.91. The number of pyridine rings is 1. The van der Waals surface area contributed by atoms with Crippen molar-refractivity contribution in [1.29, 1.82) is 0 Å². The lowest BCUT2D eigenvalue weighted by Gasteiger charge is -2.14. The zero-order chi connectivity index (χ0) is 16.6. The van der Waals surface area contributed by atoms with Gasteiger partial charge in [-0.1, -0.05) is 35.3 Å². The van der Waals surface area contributed by atoms with Crippen LogP contribution in [0.5, 0.6) is 0 Å². The maximum absolute atomic E-state index is 6.15. The molecule has 2 nitrogen and oxygen atoms in total. The number of nitrogens with zero attached hydrogens (tertiary/aromatic N) is 2. The molecule has 23 heavy (non-hydrogen) atoms. The van der Waals surface area contributed by atoms with E-state index >= 15 is 0 Å². The van der Waals surface area contributed by atoms with Gasteiger partial charge in [-0.25, -0.2) is 4.98 Å². The molecule has 5 heteroatoms. The molecule has 3 rings (SSSR count). The van der Waals surface area contributed by atoms with E-state index in [0.717, 1.165) is 22.6 Å². The first kappa shape index (κ1) is 16.3. The van der Waals surface area contributed by atoms with Crippen LogP contribution in [0.4, 0.5) is 0 Å². The van der Waals surface area contributed by atoms with Crippen molar-refractivity contribution in [2.45, 2.75) is 0 Å². The Morgan fingerprint density at radius 1 is 0.957 bits per heavy atom. The Morgan fingerprint density at radius 3 is 2.26 bits per heavy atom. The van der Waals surface area contributed by atoms with E-state index in [1.807, 2.05) is 47.0 Å². The number of aromatic nitrogens is 2. The van der Waals surface area contributed by atoms with E-state index in [0.29, 0.717) is 10.0 Å². The topological polar surface area (TPSA) is 17.3 Å². The van der Waals surface area contributed by atoms with Gasteiger partial charge in [-0.15, -0.1) is 0 Å².